The summed E-state index contributed by atoms with van der Waals surface area (Å²) in [6.45, 7) is 5.16. The van der Waals surface area contributed by atoms with Crippen molar-refractivity contribution in [1.82, 2.24) is 4.98 Å². The molecule has 2 aromatic rings. The van der Waals surface area contributed by atoms with E-state index in [0.717, 1.165) is 18.7 Å². The molecule has 15 heavy (non-hydrogen) atoms. The average Bonchev–Trinajstić information content (AvgIpc) is 2.58. The Hall–Kier alpha value is -1.57. The molecule has 1 aliphatic heterocycles. The van der Waals surface area contributed by atoms with Crippen molar-refractivity contribution in [3.05, 3.63) is 35.0 Å². The minimum atomic E-state index is 0.930. The molecule has 0 spiro atoms. The van der Waals surface area contributed by atoms with E-state index in [9.17, 15) is 0 Å². The lowest BCUT2D eigenvalue weighted by molar-refractivity contribution is 0.945. The van der Waals surface area contributed by atoms with Gasteiger partial charge in [-0.1, -0.05) is 11.6 Å². The topological polar surface area (TPSA) is 28.1 Å². The molecule has 0 atom stereocenters. The van der Waals surface area contributed by atoms with Crippen LogP contribution in [-0.2, 0) is 6.42 Å². The minimum absolute atomic E-state index is 0.930. The van der Waals surface area contributed by atoms with Gasteiger partial charge < -0.3 is 4.98 Å². The van der Waals surface area contributed by atoms with Crippen molar-refractivity contribution < 1.29 is 0 Å². The molecule has 2 heteroatoms. The highest BCUT2D eigenvalue weighted by molar-refractivity contribution is 6.04. The molecule has 1 aromatic carbocycles. The normalized spacial score (nSPS) is 15.2. The molecule has 2 nitrogen and oxygen atoms in total. The van der Waals surface area contributed by atoms with E-state index in [1.54, 1.807) is 0 Å². The van der Waals surface area contributed by atoms with Crippen molar-refractivity contribution in [3.8, 4) is 0 Å². The SMILES string of the molecule is CC1=NCCc2c1[nH]c1ccc(C)cc21. The zero-order chi connectivity index (χ0) is 10.4. The van der Waals surface area contributed by atoms with E-state index in [1.165, 1.54) is 27.7 Å². The van der Waals surface area contributed by atoms with Crippen molar-refractivity contribution in [2.45, 2.75) is 20.3 Å². The molecule has 0 bridgehead atoms. The largest absolute Gasteiger partial charge is 0.353 e. The van der Waals surface area contributed by atoms with E-state index in [-0.39, 0.29) is 0 Å². The Morgan fingerprint density at radius 3 is 3.00 bits per heavy atom. The Morgan fingerprint density at radius 2 is 2.13 bits per heavy atom. The first kappa shape index (κ1) is 8.72. The van der Waals surface area contributed by atoms with Gasteiger partial charge in [-0.05, 0) is 38.0 Å². The molecule has 76 valence electrons. The van der Waals surface area contributed by atoms with Crippen LogP contribution in [0.3, 0.4) is 0 Å². The summed E-state index contributed by atoms with van der Waals surface area (Å²) in [6, 6.07) is 6.58. The molecule has 1 aliphatic rings. The van der Waals surface area contributed by atoms with E-state index in [2.05, 4.69) is 42.0 Å². The lowest BCUT2D eigenvalue weighted by Gasteiger charge is -2.09. The Kier molecular flexibility index (Phi) is 1.72. The van der Waals surface area contributed by atoms with Gasteiger partial charge in [0.25, 0.3) is 0 Å². The van der Waals surface area contributed by atoms with Crippen molar-refractivity contribution >= 4 is 16.6 Å². The summed E-state index contributed by atoms with van der Waals surface area (Å²) in [5.41, 5.74) is 6.39. The Balaban J connectivity index is 2.38. The molecule has 0 fully saturated rings. The molecule has 0 radical (unpaired) electrons. The number of hydrogen-bond donors (Lipinski definition) is 1. The second-order valence-electron chi connectivity index (χ2n) is 4.24. The van der Waals surface area contributed by atoms with Gasteiger partial charge in [0, 0.05) is 17.4 Å². The number of aromatic nitrogens is 1. The molecule has 0 unspecified atom stereocenters. The number of rotatable bonds is 0. The van der Waals surface area contributed by atoms with E-state index >= 15 is 0 Å². The van der Waals surface area contributed by atoms with Gasteiger partial charge in [-0.25, -0.2) is 0 Å². The first-order valence-corrected chi connectivity index (χ1v) is 5.38. The summed E-state index contributed by atoms with van der Waals surface area (Å²) in [5, 5.41) is 1.37. The molecule has 0 saturated carbocycles. The fourth-order valence-corrected chi connectivity index (χ4v) is 2.34. The molecule has 0 amide bonds. The summed E-state index contributed by atoms with van der Waals surface area (Å²) in [5.74, 6) is 0. The lowest BCUT2D eigenvalue weighted by atomic mass is 10.0. The van der Waals surface area contributed by atoms with Crippen molar-refractivity contribution in [2.75, 3.05) is 6.54 Å². The summed E-state index contributed by atoms with van der Waals surface area (Å²) in [4.78, 5) is 7.94. The third-order valence-electron chi connectivity index (χ3n) is 3.13. The van der Waals surface area contributed by atoms with Crippen LogP contribution in [0.5, 0.6) is 0 Å². The van der Waals surface area contributed by atoms with Gasteiger partial charge in [-0.3, -0.25) is 4.99 Å². The van der Waals surface area contributed by atoms with Crippen LogP contribution in [0.25, 0.3) is 10.9 Å². The lowest BCUT2D eigenvalue weighted by Crippen LogP contribution is -2.08. The van der Waals surface area contributed by atoms with Crippen LogP contribution >= 0.6 is 0 Å². The van der Waals surface area contributed by atoms with Crippen LogP contribution in [0.2, 0.25) is 0 Å². The number of hydrogen-bond acceptors (Lipinski definition) is 1. The van der Waals surface area contributed by atoms with Crippen molar-refractivity contribution in [1.29, 1.82) is 0 Å². The van der Waals surface area contributed by atoms with Crippen LogP contribution in [0.4, 0.5) is 0 Å². The van der Waals surface area contributed by atoms with Gasteiger partial charge in [0.05, 0.1) is 11.4 Å². The predicted molar refractivity (Wildman–Crippen MR) is 63.8 cm³/mol. The Morgan fingerprint density at radius 1 is 1.27 bits per heavy atom. The second kappa shape index (κ2) is 2.96. The maximum Gasteiger partial charge on any atom is 0.0635 e. The highest BCUT2D eigenvalue weighted by Crippen LogP contribution is 2.26. The Labute approximate surface area is 89.0 Å². The Bertz CT molecular complexity index is 561. The van der Waals surface area contributed by atoms with Crippen molar-refractivity contribution in [3.63, 3.8) is 0 Å². The van der Waals surface area contributed by atoms with Gasteiger partial charge in [-0.2, -0.15) is 0 Å². The second-order valence-corrected chi connectivity index (χ2v) is 4.24. The molecular weight excluding hydrogens is 184 g/mol. The van der Waals surface area contributed by atoms with Crippen LogP contribution < -0.4 is 0 Å². The van der Waals surface area contributed by atoms with Gasteiger partial charge in [0.1, 0.15) is 0 Å². The molecule has 3 rings (SSSR count). The molecule has 0 saturated heterocycles. The third kappa shape index (κ3) is 1.21. The minimum Gasteiger partial charge on any atom is -0.353 e. The molecular formula is C13H14N2. The van der Waals surface area contributed by atoms with Crippen LogP contribution in [-0.4, -0.2) is 17.2 Å². The van der Waals surface area contributed by atoms with E-state index in [4.69, 9.17) is 0 Å². The monoisotopic (exact) mass is 198 g/mol. The number of aryl methyl sites for hydroxylation is 1. The molecule has 2 heterocycles. The van der Waals surface area contributed by atoms with E-state index in [1.807, 2.05) is 0 Å². The average molecular weight is 198 g/mol. The number of fused-ring (bicyclic) bond motifs is 3. The first-order valence-electron chi connectivity index (χ1n) is 5.38. The zero-order valence-corrected chi connectivity index (χ0v) is 9.09. The number of nitrogens with one attached hydrogen (secondary N) is 1. The fraction of sp³-hybridized carbons (Fsp3) is 0.308. The predicted octanol–water partition coefficient (Wildman–Crippen LogP) is 2.84. The van der Waals surface area contributed by atoms with Gasteiger partial charge >= 0.3 is 0 Å². The maximum atomic E-state index is 4.47. The highest BCUT2D eigenvalue weighted by atomic mass is 14.8. The number of nitrogens with zero attached hydrogens (tertiary/aromatic N) is 1. The van der Waals surface area contributed by atoms with Crippen LogP contribution in [0.15, 0.2) is 23.2 Å². The number of aliphatic imine (C=N–C) groups is 1. The van der Waals surface area contributed by atoms with Gasteiger partial charge in [-0.15, -0.1) is 0 Å². The summed E-state index contributed by atoms with van der Waals surface area (Å²) >= 11 is 0. The maximum absolute atomic E-state index is 4.47. The van der Waals surface area contributed by atoms with Crippen LogP contribution in [0.1, 0.15) is 23.7 Å². The number of aromatic amines is 1. The fourth-order valence-electron chi connectivity index (χ4n) is 2.34. The molecule has 1 N–H and O–H groups in total. The number of benzene rings is 1. The first-order chi connectivity index (χ1) is 7.25. The van der Waals surface area contributed by atoms with Gasteiger partial charge in [0.2, 0.25) is 0 Å². The van der Waals surface area contributed by atoms with Crippen LogP contribution in [0, 0.1) is 6.92 Å². The van der Waals surface area contributed by atoms with Gasteiger partial charge in [0.15, 0.2) is 0 Å². The summed E-state index contributed by atoms with van der Waals surface area (Å²) in [6.07, 6.45) is 1.07. The quantitative estimate of drug-likeness (QED) is 0.674. The standard InChI is InChI=1S/C13H14N2/c1-8-3-4-12-11(7-8)10-5-6-14-9(2)13(10)15-12/h3-4,7,15H,5-6H2,1-2H3. The van der Waals surface area contributed by atoms with E-state index < -0.39 is 0 Å². The third-order valence-corrected chi connectivity index (χ3v) is 3.13. The van der Waals surface area contributed by atoms with E-state index in [0.29, 0.717) is 0 Å². The smallest absolute Gasteiger partial charge is 0.0635 e. The summed E-state index contributed by atoms with van der Waals surface area (Å²) in [7, 11) is 0. The molecule has 0 aliphatic carbocycles. The zero-order valence-electron chi connectivity index (χ0n) is 9.09. The highest BCUT2D eigenvalue weighted by Gasteiger charge is 2.16. The van der Waals surface area contributed by atoms with Crippen molar-refractivity contribution in [2.24, 2.45) is 4.99 Å². The summed E-state index contributed by atoms with van der Waals surface area (Å²) < 4.78 is 0. The molecule has 1 aromatic heterocycles. The number of H-pyrrole nitrogens is 1.